The molecule has 1 aliphatic rings. The Morgan fingerprint density at radius 2 is 1.54 bits per heavy atom. The predicted octanol–water partition coefficient (Wildman–Crippen LogP) is 8.22. The van der Waals surface area contributed by atoms with Crippen molar-refractivity contribution in [3.05, 3.63) is 40.5 Å². The molecule has 0 bridgehead atoms. The number of hydrogen-bond donors (Lipinski definition) is 3. The molecule has 1 aromatic carbocycles. The van der Waals surface area contributed by atoms with Crippen LogP contribution in [0.4, 0.5) is 0 Å². The third-order valence-corrected chi connectivity index (χ3v) is 6.76. The summed E-state index contributed by atoms with van der Waals surface area (Å²) in [4.78, 5) is 10.6. The lowest BCUT2D eigenvalue weighted by Gasteiger charge is -2.31. The molecule has 0 saturated heterocycles. The zero-order valence-electron chi connectivity index (χ0n) is 26.2. The van der Waals surface area contributed by atoms with E-state index in [-0.39, 0.29) is 11.3 Å². The Labute approximate surface area is 229 Å². The summed E-state index contributed by atoms with van der Waals surface area (Å²) in [6.45, 7) is 22.4. The van der Waals surface area contributed by atoms with E-state index in [9.17, 15) is 15.0 Å². The summed E-state index contributed by atoms with van der Waals surface area (Å²) in [5.74, 6) is -0.198. The quantitative estimate of drug-likeness (QED) is 0.235. The van der Waals surface area contributed by atoms with Gasteiger partial charge in [-0.2, -0.15) is 0 Å². The van der Waals surface area contributed by atoms with Crippen molar-refractivity contribution in [1.82, 2.24) is 0 Å². The Balaban J connectivity index is -0.000000535. The minimum absolute atomic E-state index is 0.156. The van der Waals surface area contributed by atoms with Crippen molar-refractivity contribution >= 4 is 5.97 Å². The van der Waals surface area contributed by atoms with Crippen LogP contribution in [-0.2, 0) is 10.2 Å². The Bertz CT molecular complexity index is 734. The molecule has 1 atom stereocenters. The van der Waals surface area contributed by atoms with Gasteiger partial charge in [-0.3, -0.25) is 0 Å². The van der Waals surface area contributed by atoms with Crippen molar-refractivity contribution in [3.8, 4) is 5.75 Å². The molecule has 0 heterocycles. The van der Waals surface area contributed by atoms with Crippen molar-refractivity contribution in [3.63, 3.8) is 0 Å². The Hall–Kier alpha value is -1.85. The van der Waals surface area contributed by atoms with E-state index >= 15 is 0 Å². The van der Waals surface area contributed by atoms with E-state index in [1.165, 1.54) is 50.3 Å². The van der Waals surface area contributed by atoms with Gasteiger partial charge in [0.05, 0.1) is 5.60 Å². The Kier molecular flexibility index (Phi) is 22.6. The molecule has 5 heteroatoms. The van der Waals surface area contributed by atoms with Gasteiger partial charge in [-0.25, -0.2) is 4.79 Å². The molecule has 37 heavy (non-hydrogen) atoms. The van der Waals surface area contributed by atoms with Crippen molar-refractivity contribution in [2.24, 2.45) is 5.92 Å². The average molecular weight is 526 g/mol. The number of hydrogen-bond acceptors (Lipinski definition) is 3. The van der Waals surface area contributed by atoms with Crippen LogP contribution in [0, 0.1) is 19.8 Å². The number of rotatable bonds is 8. The lowest BCUT2D eigenvalue weighted by atomic mass is 9.79. The topological polar surface area (TPSA) is 101 Å². The van der Waals surface area contributed by atoms with Gasteiger partial charge in [-0.1, -0.05) is 86.3 Å². The molecule has 0 spiro atoms. The molecular formula is C32H61O5+. The van der Waals surface area contributed by atoms with E-state index < -0.39 is 11.6 Å². The second kappa shape index (κ2) is 21.1. The number of carbonyl (C=O) groups is 1. The van der Waals surface area contributed by atoms with Crippen LogP contribution in [0.2, 0.25) is 0 Å². The molecule has 218 valence electrons. The smallest absolute Gasteiger partial charge is 0.331 e. The van der Waals surface area contributed by atoms with Crippen LogP contribution in [0.15, 0.2) is 23.8 Å². The standard InChI is InChI=1S/C17H28O.C10H16O3.2C2H6.CH4O/c1-6-7-8-9-10-17(4,5)15-11-13(2)14(3)16(18)12-15;1-10(2,13)8-5-3-7(4-6-8)9(11)12;3*1-2/h11-12,18H,6-10H2,1-5H3;3,8,13H,4-6H2,1-2H3,(H,11,12);2*1-2H3;2H,1H3/p+1. The molecule has 2 rings (SSSR count). The maximum absolute atomic E-state index is 10.6. The van der Waals surface area contributed by atoms with Gasteiger partial charge in [-0.15, -0.1) is 0 Å². The van der Waals surface area contributed by atoms with Gasteiger partial charge >= 0.3 is 5.97 Å². The maximum atomic E-state index is 10.6. The molecule has 1 unspecified atom stereocenters. The first-order valence-electron chi connectivity index (χ1n) is 14.2. The molecular weight excluding hydrogens is 464 g/mol. The van der Waals surface area contributed by atoms with Gasteiger partial charge in [0.1, 0.15) is 12.9 Å². The van der Waals surface area contributed by atoms with E-state index in [0.29, 0.717) is 24.2 Å². The summed E-state index contributed by atoms with van der Waals surface area (Å²) >= 11 is 0. The first kappa shape index (κ1) is 39.7. The third-order valence-electron chi connectivity index (χ3n) is 6.76. The van der Waals surface area contributed by atoms with Gasteiger partial charge in [0.25, 0.3) is 0 Å². The Morgan fingerprint density at radius 1 is 1.00 bits per heavy atom. The molecule has 0 saturated carbocycles. The van der Waals surface area contributed by atoms with Crippen LogP contribution >= 0.6 is 0 Å². The fourth-order valence-electron chi connectivity index (χ4n) is 4.04. The second-order valence-electron chi connectivity index (χ2n) is 10.3. The number of aliphatic hydroxyl groups is 1. The number of unbranched alkanes of at least 4 members (excludes halogenated alkanes) is 3. The minimum Gasteiger partial charge on any atom is -0.508 e. The fourth-order valence-corrected chi connectivity index (χ4v) is 4.04. The van der Waals surface area contributed by atoms with Crippen LogP contribution < -0.4 is 0 Å². The molecule has 0 aliphatic heterocycles. The zero-order valence-corrected chi connectivity index (χ0v) is 26.2. The maximum Gasteiger partial charge on any atom is 0.331 e. The average Bonchev–Trinajstić information content (AvgIpc) is 2.88. The molecule has 5 N–H and O–H groups in total. The minimum atomic E-state index is -0.825. The van der Waals surface area contributed by atoms with Crippen molar-refractivity contribution in [2.45, 2.75) is 139 Å². The summed E-state index contributed by atoms with van der Waals surface area (Å²) in [6, 6.07) is 4.18. The van der Waals surface area contributed by atoms with E-state index in [1.807, 2.05) is 40.7 Å². The number of aromatic hydroxyl groups is 1. The lowest BCUT2D eigenvalue weighted by Crippen LogP contribution is -2.32. The van der Waals surface area contributed by atoms with Crippen molar-refractivity contribution in [1.29, 1.82) is 0 Å². The van der Waals surface area contributed by atoms with Crippen LogP contribution in [0.25, 0.3) is 0 Å². The first-order valence-corrected chi connectivity index (χ1v) is 14.2. The molecule has 0 radical (unpaired) electrons. The number of phenolic OH excluding ortho intramolecular Hbond substituents is 1. The molecule has 0 fully saturated rings. The zero-order chi connectivity index (χ0) is 29.8. The summed E-state index contributed by atoms with van der Waals surface area (Å²) < 4.78 is 0. The van der Waals surface area contributed by atoms with Crippen molar-refractivity contribution in [2.75, 3.05) is 7.11 Å². The number of carboxylic acids is 1. The first-order chi connectivity index (χ1) is 17.3. The highest BCUT2D eigenvalue weighted by Crippen LogP contribution is 2.34. The molecule has 1 aliphatic carbocycles. The molecule has 1 aromatic rings. The molecule has 0 amide bonds. The van der Waals surface area contributed by atoms with Crippen molar-refractivity contribution < 1.29 is 25.2 Å². The largest absolute Gasteiger partial charge is 0.508 e. The monoisotopic (exact) mass is 525 g/mol. The lowest BCUT2D eigenvalue weighted by molar-refractivity contribution is -0.133. The van der Waals surface area contributed by atoms with E-state index in [4.69, 9.17) is 10.2 Å². The van der Waals surface area contributed by atoms with Gasteiger partial charge in [-0.05, 0) is 87.5 Å². The van der Waals surface area contributed by atoms with E-state index in [0.717, 1.165) is 12.0 Å². The van der Waals surface area contributed by atoms with Gasteiger partial charge in [0.2, 0.25) is 0 Å². The highest BCUT2D eigenvalue weighted by atomic mass is 16.4. The fraction of sp³-hybridized carbons (Fsp3) is 0.719. The van der Waals surface area contributed by atoms with Gasteiger partial charge in [0.15, 0.2) is 0 Å². The van der Waals surface area contributed by atoms with Crippen LogP contribution in [-0.4, -0.2) is 39.1 Å². The number of phenols is 1. The Morgan fingerprint density at radius 3 is 1.92 bits per heavy atom. The van der Waals surface area contributed by atoms with Crippen LogP contribution in [0.1, 0.15) is 130 Å². The highest BCUT2D eigenvalue weighted by molar-refractivity contribution is 5.86. The van der Waals surface area contributed by atoms with E-state index in [1.54, 1.807) is 19.9 Å². The van der Waals surface area contributed by atoms with E-state index in [2.05, 4.69) is 33.8 Å². The summed E-state index contributed by atoms with van der Waals surface area (Å²) in [5.41, 5.74) is 3.40. The molecule has 0 aromatic heterocycles. The SMILES string of the molecule is CC.CC.CC(C)(O)C1CC=C(C(=O)O)CC1.CCCCCCC(C)(C)c1cc(C)c(C)c(O)c1.C[OH2+]. The van der Waals surface area contributed by atoms with Crippen LogP contribution in [0.5, 0.6) is 5.75 Å². The van der Waals surface area contributed by atoms with Gasteiger partial charge < -0.3 is 20.4 Å². The predicted molar refractivity (Wildman–Crippen MR) is 161 cm³/mol. The molecule has 5 nitrogen and oxygen atoms in total. The van der Waals surface area contributed by atoms with Crippen LogP contribution in [0.3, 0.4) is 0 Å². The van der Waals surface area contributed by atoms with Gasteiger partial charge in [0, 0.05) is 5.57 Å². The summed E-state index contributed by atoms with van der Waals surface area (Å²) in [7, 11) is 1.25. The number of carboxylic acid groups (broad SMARTS) is 1. The number of allylic oxidation sites excluding steroid dienone is 1. The number of aryl methyl sites for hydroxylation is 1. The summed E-state index contributed by atoms with van der Waals surface area (Å²) in [5, 5.41) is 34.1. The highest BCUT2D eigenvalue weighted by Gasteiger charge is 2.29. The number of aliphatic carboxylic acids is 1. The number of benzene rings is 1. The third kappa shape index (κ3) is 15.9. The second-order valence-corrected chi connectivity index (χ2v) is 10.3. The normalized spacial score (nSPS) is 14.6. The summed E-state index contributed by atoms with van der Waals surface area (Å²) in [6.07, 6.45) is 10.1.